The van der Waals surface area contributed by atoms with Gasteiger partial charge in [-0.1, -0.05) is 20.3 Å². The van der Waals surface area contributed by atoms with Crippen molar-refractivity contribution in [3.05, 3.63) is 23.3 Å². The number of rotatable bonds is 9. The lowest BCUT2D eigenvalue weighted by atomic mass is 9.98. The molecule has 0 aromatic heterocycles. The quantitative estimate of drug-likeness (QED) is 0.689. The maximum Gasteiger partial charge on any atom is 0.256 e. The number of carbonyl (C=O) groups excluding carboxylic acids is 1. The predicted octanol–water partition coefficient (Wildman–Crippen LogP) is 5.01. The van der Waals surface area contributed by atoms with Crippen LogP contribution < -0.4 is 10.1 Å². The van der Waals surface area contributed by atoms with E-state index < -0.39 is 5.60 Å². The molecule has 136 valence electrons. The van der Waals surface area contributed by atoms with E-state index in [-0.39, 0.29) is 12.0 Å². The predicted molar refractivity (Wildman–Crippen MR) is 99.9 cm³/mol. The van der Waals surface area contributed by atoms with Crippen LogP contribution in [0.4, 0.5) is 5.69 Å². The molecule has 1 aromatic rings. The third-order valence-corrected chi connectivity index (χ3v) is 3.90. The van der Waals surface area contributed by atoms with E-state index in [0.717, 1.165) is 35.4 Å². The molecule has 4 heteroatoms. The van der Waals surface area contributed by atoms with Crippen molar-refractivity contribution in [3.63, 3.8) is 0 Å². The van der Waals surface area contributed by atoms with Crippen molar-refractivity contribution in [1.29, 1.82) is 0 Å². The zero-order chi connectivity index (χ0) is 18.3. The summed E-state index contributed by atoms with van der Waals surface area (Å²) in [5.41, 5.74) is 2.03. The van der Waals surface area contributed by atoms with Crippen molar-refractivity contribution in [3.8, 4) is 5.75 Å². The molecule has 0 heterocycles. The summed E-state index contributed by atoms with van der Waals surface area (Å²) in [7, 11) is 0. The molecule has 1 amide bonds. The third-order valence-electron chi connectivity index (χ3n) is 3.90. The SMILES string of the molecule is CCCO[C@@](C)(CCC)C(=O)Nc1cc(C)c(OC(C)C)c(C)c1. The minimum absolute atomic E-state index is 0.0888. The van der Waals surface area contributed by atoms with Gasteiger partial charge in [0.2, 0.25) is 0 Å². The second-order valence-electron chi connectivity index (χ2n) is 6.89. The number of aryl methyl sites for hydroxylation is 2. The van der Waals surface area contributed by atoms with Crippen LogP contribution in [0.5, 0.6) is 5.75 Å². The fourth-order valence-electron chi connectivity index (χ4n) is 2.76. The fourth-order valence-corrected chi connectivity index (χ4v) is 2.76. The lowest BCUT2D eigenvalue weighted by molar-refractivity contribution is -0.140. The minimum Gasteiger partial charge on any atom is -0.490 e. The highest BCUT2D eigenvalue weighted by molar-refractivity contribution is 5.97. The molecule has 1 atom stereocenters. The molecule has 0 saturated carbocycles. The number of benzene rings is 1. The number of ether oxygens (including phenoxy) is 2. The van der Waals surface area contributed by atoms with Gasteiger partial charge in [-0.05, 0) is 70.7 Å². The summed E-state index contributed by atoms with van der Waals surface area (Å²) in [6.45, 7) is 14.6. The van der Waals surface area contributed by atoms with Crippen molar-refractivity contribution >= 4 is 11.6 Å². The minimum atomic E-state index is -0.792. The molecule has 1 rings (SSSR count). The Kier molecular flexibility index (Phi) is 7.74. The van der Waals surface area contributed by atoms with Gasteiger partial charge in [0.05, 0.1) is 6.10 Å². The highest BCUT2D eigenvalue weighted by Crippen LogP contribution is 2.29. The molecule has 0 radical (unpaired) electrons. The van der Waals surface area contributed by atoms with Crippen LogP contribution in [0.25, 0.3) is 0 Å². The molecule has 0 fully saturated rings. The topological polar surface area (TPSA) is 47.6 Å². The van der Waals surface area contributed by atoms with Gasteiger partial charge in [0.15, 0.2) is 0 Å². The summed E-state index contributed by atoms with van der Waals surface area (Å²) in [6.07, 6.45) is 2.61. The fraction of sp³-hybridized carbons (Fsp3) is 0.650. The molecular weight excluding hydrogens is 302 g/mol. The van der Waals surface area contributed by atoms with E-state index in [4.69, 9.17) is 9.47 Å². The number of hydrogen-bond acceptors (Lipinski definition) is 3. The number of hydrogen-bond donors (Lipinski definition) is 1. The summed E-state index contributed by atoms with van der Waals surface area (Å²) in [5, 5.41) is 3.02. The molecule has 4 nitrogen and oxygen atoms in total. The zero-order valence-electron chi connectivity index (χ0n) is 16.3. The summed E-state index contributed by atoms with van der Waals surface area (Å²) < 4.78 is 11.7. The van der Waals surface area contributed by atoms with Crippen LogP contribution in [0.15, 0.2) is 12.1 Å². The summed E-state index contributed by atoms with van der Waals surface area (Å²) >= 11 is 0. The normalized spacial score (nSPS) is 13.7. The Balaban J connectivity index is 2.96. The van der Waals surface area contributed by atoms with Gasteiger partial charge in [0.25, 0.3) is 5.91 Å². The first-order valence-corrected chi connectivity index (χ1v) is 8.96. The van der Waals surface area contributed by atoms with E-state index in [0.29, 0.717) is 13.0 Å². The van der Waals surface area contributed by atoms with Crippen molar-refractivity contribution in [2.45, 2.75) is 79.4 Å². The summed E-state index contributed by atoms with van der Waals surface area (Å²) in [5.74, 6) is 0.802. The number of nitrogens with one attached hydrogen (secondary N) is 1. The Bertz CT molecular complexity index is 531. The van der Waals surface area contributed by atoms with E-state index in [2.05, 4.69) is 12.2 Å². The molecule has 0 saturated heterocycles. The number of amides is 1. The molecule has 0 aliphatic heterocycles. The van der Waals surface area contributed by atoms with Crippen LogP contribution in [0.2, 0.25) is 0 Å². The second kappa shape index (κ2) is 9.07. The molecule has 0 spiro atoms. The molecule has 0 bridgehead atoms. The average molecular weight is 335 g/mol. The van der Waals surface area contributed by atoms with Crippen LogP contribution in [0.1, 0.15) is 65.0 Å². The Morgan fingerprint density at radius 2 is 1.75 bits per heavy atom. The van der Waals surface area contributed by atoms with Gasteiger partial charge in [-0.3, -0.25) is 4.79 Å². The Morgan fingerprint density at radius 3 is 2.21 bits per heavy atom. The molecule has 1 aromatic carbocycles. The highest BCUT2D eigenvalue weighted by Gasteiger charge is 2.33. The van der Waals surface area contributed by atoms with E-state index >= 15 is 0 Å². The smallest absolute Gasteiger partial charge is 0.256 e. The maximum absolute atomic E-state index is 12.7. The molecule has 24 heavy (non-hydrogen) atoms. The van der Waals surface area contributed by atoms with Crippen LogP contribution in [0, 0.1) is 13.8 Å². The van der Waals surface area contributed by atoms with Crippen molar-refractivity contribution in [1.82, 2.24) is 0 Å². The molecule has 0 aliphatic carbocycles. The molecule has 0 aliphatic rings. The lowest BCUT2D eigenvalue weighted by Gasteiger charge is -2.28. The zero-order valence-corrected chi connectivity index (χ0v) is 16.3. The number of carbonyl (C=O) groups is 1. The average Bonchev–Trinajstić information content (AvgIpc) is 2.49. The van der Waals surface area contributed by atoms with Gasteiger partial charge >= 0.3 is 0 Å². The maximum atomic E-state index is 12.7. The second-order valence-corrected chi connectivity index (χ2v) is 6.89. The monoisotopic (exact) mass is 335 g/mol. The van der Waals surface area contributed by atoms with E-state index in [1.807, 2.05) is 53.7 Å². The van der Waals surface area contributed by atoms with Crippen molar-refractivity contribution in [2.24, 2.45) is 0 Å². The first kappa shape index (κ1) is 20.5. The number of anilines is 1. The largest absolute Gasteiger partial charge is 0.490 e. The van der Waals surface area contributed by atoms with E-state index in [1.54, 1.807) is 0 Å². The Hall–Kier alpha value is -1.55. The Labute approximate surface area is 146 Å². The summed E-state index contributed by atoms with van der Waals surface area (Å²) in [4.78, 5) is 12.7. The van der Waals surface area contributed by atoms with Crippen LogP contribution in [-0.4, -0.2) is 24.2 Å². The van der Waals surface area contributed by atoms with E-state index in [9.17, 15) is 4.79 Å². The highest BCUT2D eigenvalue weighted by atomic mass is 16.5. The first-order chi connectivity index (χ1) is 11.2. The first-order valence-electron chi connectivity index (χ1n) is 8.96. The lowest BCUT2D eigenvalue weighted by Crippen LogP contribution is -2.43. The molecular formula is C20H33NO3. The standard InChI is InChI=1S/C20H33NO3/c1-8-10-20(7,23-11-9-2)19(22)21-17-12-15(5)18(16(6)13-17)24-14(3)4/h12-14H,8-11H2,1-7H3,(H,21,22)/t20-/m0/s1. The van der Waals surface area contributed by atoms with Gasteiger partial charge in [-0.25, -0.2) is 0 Å². The van der Waals surface area contributed by atoms with Crippen molar-refractivity contribution in [2.75, 3.05) is 11.9 Å². The molecule has 0 unspecified atom stereocenters. The molecule has 1 N–H and O–H groups in total. The van der Waals surface area contributed by atoms with Crippen LogP contribution in [0.3, 0.4) is 0 Å². The van der Waals surface area contributed by atoms with E-state index in [1.165, 1.54) is 0 Å². The van der Waals surface area contributed by atoms with Gasteiger partial charge in [0.1, 0.15) is 11.4 Å². The Morgan fingerprint density at radius 1 is 1.17 bits per heavy atom. The third kappa shape index (κ3) is 5.52. The van der Waals surface area contributed by atoms with Crippen molar-refractivity contribution < 1.29 is 14.3 Å². The van der Waals surface area contributed by atoms with Gasteiger partial charge in [-0.15, -0.1) is 0 Å². The summed E-state index contributed by atoms with van der Waals surface area (Å²) in [6, 6.07) is 3.91. The van der Waals surface area contributed by atoms with Crippen LogP contribution in [-0.2, 0) is 9.53 Å². The van der Waals surface area contributed by atoms with Gasteiger partial charge in [0, 0.05) is 12.3 Å². The van der Waals surface area contributed by atoms with Gasteiger partial charge < -0.3 is 14.8 Å². The van der Waals surface area contributed by atoms with Gasteiger partial charge in [-0.2, -0.15) is 0 Å². The van der Waals surface area contributed by atoms with Crippen LogP contribution >= 0.6 is 0 Å².